The third-order valence-corrected chi connectivity index (χ3v) is 26.9. The van der Waals surface area contributed by atoms with E-state index in [0.29, 0.717) is 0 Å². The molecule has 122 valence electrons. The van der Waals surface area contributed by atoms with E-state index in [1.165, 1.54) is 25.7 Å². The number of hydrogen-bond donors (Lipinski definition) is 0. The third kappa shape index (κ3) is 8.40. The Kier molecular flexibility index (Phi) is 8.94. The Morgan fingerprint density at radius 3 is 1.80 bits per heavy atom. The van der Waals surface area contributed by atoms with Crippen LogP contribution in [-0.4, -0.2) is 76.7 Å². The van der Waals surface area contributed by atoms with Gasteiger partial charge in [-0.15, -0.1) is 0 Å². The number of rotatable bonds is 9. The first-order valence-electron chi connectivity index (χ1n) is 8.19. The second-order valence-corrected chi connectivity index (χ2v) is 31.2. The second kappa shape index (κ2) is 8.54. The van der Waals surface area contributed by atoms with Crippen molar-refractivity contribution in [1.82, 2.24) is 9.80 Å². The maximum atomic E-state index is 2.65. The van der Waals surface area contributed by atoms with Gasteiger partial charge in [-0.2, -0.15) is 0 Å². The molecule has 0 aliphatic heterocycles. The van der Waals surface area contributed by atoms with Gasteiger partial charge in [0.05, 0.1) is 0 Å². The molecule has 20 heavy (non-hydrogen) atoms. The molecule has 0 rings (SSSR count). The van der Waals surface area contributed by atoms with E-state index in [9.17, 15) is 0 Å². The summed E-state index contributed by atoms with van der Waals surface area (Å²) in [5, 5.41) is 0. The summed E-state index contributed by atoms with van der Waals surface area (Å²) in [6.45, 7) is 12.5. The van der Waals surface area contributed by atoms with Crippen LogP contribution in [0, 0.1) is 5.92 Å². The van der Waals surface area contributed by atoms with Crippen molar-refractivity contribution < 1.29 is 0 Å². The zero-order valence-electron chi connectivity index (χ0n) is 15.9. The molecule has 0 radical (unpaired) electrons. The number of nitrogens with zero attached hydrogens (tertiary/aromatic N) is 2. The molecule has 1 atom stereocenters. The minimum absolute atomic E-state index is 0.856. The van der Waals surface area contributed by atoms with Gasteiger partial charge in [-0.05, 0) is 0 Å². The van der Waals surface area contributed by atoms with Gasteiger partial charge in [0.1, 0.15) is 0 Å². The first-order valence-corrected chi connectivity index (χ1v) is 21.7. The van der Waals surface area contributed by atoms with Gasteiger partial charge in [0, 0.05) is 0 Å². The van der Waals surface area contributed by atoms with Gasteiger partial charge in [0.15, 0.2) is 0 Å². The fourth-order valence-electron chi connectivity index (χ4n) is 3.57. The molecule has 0 N–H and O–H groups in total. The van der Waals surface area contributed by atoms with Gasteiger partial charge >= 0.3 is 134 Å². The SMILES string of the molecule is CC(C)C[CH]([Si](C)(C)CN(C)CCN(C)C)[Sn]([CH3])([CH3])[CH3]. The molecular formula is C16H40N2SiSn. The van der Waals surface area contributed by atoms with Gasteiger partial charge in [-0.3, -0.25) is 0 Å². The standard InChI is InChI=1S/C13H31N2Si.3CH3.Sn/c1-13(2)8-11-16(6,7)12-15(5)10-9-14(3)4;;;;/h11,13H,8-10,12H2,1-7H3;3*1H3;. The zero-order chi connectivity index (χ0) is 16.1. The van der Waals surface area contributed by atoms with Crippen LogP contribution < -0.4 is 0 Å². The predicted octanol–water partition coefficient (Wildman–Crippen LogP) is 4.02. The van der Waals surface area contributed by atoms with E-state index in [2.05, 4.69) is 72.7 Å². The molecule has 0 aromatic heterocycles. The summed E-state index contributed by atoms with van der Waals surface area (Å²) in [6, 6.07) is 0. The average Bonchev–Trinajstić information content (AvgIpc) is 2.20. The van der Waals surface area contributed by atoms with Gasteiger partial charge in [0.2, 0.25) is 0 Å². The molecule has 0 saturated heterocycles. The second-order valence-electron chi connectivity index (χ2n) is 9.08. The molecule has 0 amide bonds. The van der Waals surface area contributed by atoms with Crippen molar-refractivity contribution in [1.29, 1.82) is 0 Å². The van der Waals surface area contributed by atoms with Crippen LogP contribution in [0.5, 0.6) is 0 Å². The molecule has 2 nitrogen and oxygen atoms in total. The fourth-order valence-corrected chi connectivity index (χ4v) is 33.0. The van der Waals surface area contributed by atoms with E-state index in [1.807, 2.05) is 0 Å². The monoisotopic (exact) mass is 408 g/mol. The Balaban J connectivity index is 4.77. The van der Waals surface area contributed by atoms with Crippen LogP contribution in [0.1, 0.15) is 20.3 Å². The Hall–Kier alpha value is 0.936. The van der Waals surface area contributed by atoms with E-state index in [-0.39, 0.29) is 0 Å². The van der Waals surface area contributed by atoms with E-state index in [4.69, 9.17) is 0 Å². The fraction of sp³-hybridized carbons (Fsp3) is 1.00. The molecule has 0 bridgehead atoms. The topological polar surface area (TPSA) is 6.48 Å². The van der Waals surface area contributed by atoms with Crippen LogP contribution in [0.25, 0.3) is 0 Å². The molecule has 0 fully saturated rings. The molecule has 0 aromatic rings. The van der Waals surface area contributed by atoms with Gasteiger partial charge in [-0.1, -0.05) is 0 Å². The predicted molar refractivity (Wildman–Crippen MR) is 100 cm³/mol. The zero-order valence-corrected chi connectivity index (χ0v) is 19.7. The molecular weight excluding hydrogens is 367 g/mol. The summed E-state index contributed by atoms with van der Waals surface area (Å²) in [5.41, 5.74) is 0. The Morgan fingerprint density at radius 1 is 0.950 bits per heavy atom. The third-order valence-electron chi connectivity index (χ3n) is 4.30. The number of hydrogen-bond acceptors (Lipinski definition) is 2. The molecule has 0 aliphatic rings. The minimum atomic E-state index is -1.84. The molecule has 0 saturated carbocycles. The molecule has 0 spiro atoms. The van der Waals surface area contributed by atoms with Crippen molar-refractivity contribution in [3.05, 3.63) is 0 Å². The van der Waals surface area contributed by atoms with E-state index < -0.39 is 26.5 Å². The summed E-state index contributed by atoms with van der Waals surface area (Å²) < 4.78 is 1.10. The molecule has 0 heterocycles. The van der Waals surface area contributed by atoms with Crippen molar-refractivity contribution in [2.24, 2.45) is 5.92 Å². The Bertz CT molecular complexity index is 272. The summed E-state index contributed by atoms with van der Waals surface area (Å²) in [6.07, 6.45) is 2.84. The van der Waals surface area contributed by atoms with Crippen LogP contribution in [0.15, 0.2) is 0 Å². The Morgan fingerprint density at radius 2 is 1.45 bits per heavy atom. The maximum absolute atomic E-state index is 2.65. The molecule has 0 aromatic carbocycles. The molecule has 0 aliphatic carbocycles. The molecule has 1 unspecified atom stereocenters. The van der Waals surface area contributed by atoms with Crippen molar-refractivity contribution >= 4 is 26.5 Å². The van der Waals surface area contributed by atoms with Crippen molar-refractivity contribution in [3.8, 4) is 0 Å². The van der Waals surface area contributed by atoms with Crippen LogP contribution in [0.3, 0.4) is 0 Å². The number of likely N-dealkylation sites (N-methyl/N-ethyl adjacent to an activating group) is 2. The first kappa shape index (κ1) is 20.9. The van der Waals surface area contributed by atoms with E-state index >= 15 is 0 Å². The van der Waals surface area contributed by atoms with Gasteiger partial charge < -0.3 is 0 Å². The van der Waals surface area contributed by atoms with Gasteiger partial charge in [0.25, 0.3) is 0 Å². The van der Waals surface area contributed by atoms with Crippen LogP contribution >= 0.6 is 0 Å². The van der Waals surface area contributed by atoms with Crippen molar-refractivity contribution in [2.75, 3.05) is 40.4 Å². The first-order chi connectivity index (χ1) is 8.86. The van der Waals surface area contributed by atoms with Crippen LogP contribution in [-0.2, 0) is 0 Å². The van der Waals surface area contributed by atoms with E-state index in [0.717, 1.165) is 9.48 Å². The Labute approximate surface area is 134 Å². The summed E-state index contributed by atoms with van der Waals surface area (Å²) in [7, 11) is 5.50. The van der Waals surface area contributed by atoms with Crippen molar-refractivity contribution in [3.63, 3.8) is 0 Å². The summed E-state index contributed by atoms with van der Waals surface area (Å²) >= 11 is -1.84. The van der Waals surface area contributed by atoms with Crippen molar-refractivity contribution in [2.45, 2.75) is 51.7 Å². The molecule has 4 heteroatoms. The summed E-state index contributed by atoms with van der Waals surface area (Å²) in [4.78, 5) is 12.8. The normalized spacial score (nSPS) is 15.4. The average molecular weight is 407 g/mol. The quantitative estimate of drug-likeness (QED) is 0.533. The van der Waals surface area contributed by atoms with Crippen LogP contribution in [0.4, 0.5) is 0 Å². The van der Waals surface area contributed by atoms with E-state index in [1.54, 1.807) is 0 Å². The summed E-state index contributed by atoms with van der Waals surface area (Å²) in [5.74, 6) is 0.856. The van der Waals surface area contributed by atoms with Gasteiger partial charge in [-0.25, -0.2) is 0 Å². The van der Waals surface area contributed by atoms with Crippen LogP contribution in [0.2, 0.25) is 31.5 Å².